The Kier molecular flexibility index (Phi) is 4.07. The van der Waals surface area contributed by atoms with Crippen molar-refractivity contribution in [3.8, 4) is 11.4 Å². The van der Waals surface area contributed by atoms with Crippen molar-refractivity contribution >= 4 is 0 Å². The van der Waals surface area contributed by atoms with Crippen LogP contribution in [0.5, 0.6) is 0 Å². The van der Waals surface area contributed by atoms with Crippen LogP contribution in [0.15, 0.2) is 36.5 Å². The van der Waals surface area contributed by atoms with Gasteiger partial charge in [-0.15, -0.1) is 0 Å². The van der Waals surface area contributed by atoms with Crippen molar-refractivity contribution in [2.45, 2.75) is 44.6 Å². The molecular formula is C17H21N3. The average molecular weight is 267 g/mol. The Balaban J connectivity index is 1.85. The van der Waals surface area contributed by atoms with Gasteiger partial charge in [0.25, 0.3) is 0 Å². The molecule has 1 heterocycles. The molecular weight excluding hydrogens is 246 g/mol. The molecule has 104 valence electrons. The molecule has 1 aliphatic rings. The molecule has 3 heteroatoms. The van der Waals surface area contributed by atoms with Gasteiger partial charge in [-0.1, -0.05) is 43.5 Å². The summed E-state index contributed by atoms with van der Waals surface area (Å²) in [6, 6.07) is 10.3. The van der Waals surface area contributed by atoms with Gasteiger partial charge in [-0.05, 0) is 24.5 Å². The van der Waals surface area contributed by atoms with Gasteiger partial charge in [0.15, 0.2) is 5.82 Å². The first-order chi connectivity index (χ1) is 9.86. The van der Waals surface area contributed by atoms with Crippen LogP contribution in [-0.2, 0) is 6.54 Å². The van der Waals surface area contributed by atoms with E-state index in [1.807, 2.05) is 18.3 Å². The minimum atomic E-state index is 0.573. The fraction of sp³-hybridized carbons (Fsp3) is 0.412. The maximum Gasteiger partial charge on any atom is 0.159 e. The van der Waals surface area contributed by atoms with E-state index in [0.717, 1.165) is 17.0 Å². The highest BCUT2D eigenvalue weighted by molar-refractivity contribution is 5.55. The second kappa shape index (κ2) is 6.14. The van der Waals surface area contributed by atoms with Gasteiger partial charge in [0.2, 0.25) is 0 Å². The van der Waals surface area contributed by atoms with Gasteiger partial charge < -0.3 is 5.73 Å². The highest BCUT2D eigenvalue weighted by Crippen LogP contribution is 2.32. The highest BCUT2D eigenvalue weighted by atomic mass is 14.9. The zero-order valence-corrected chi connectivity index (χ0v) is 11.8. The lowest BCUT2D eigenvalue weighted by Gasteiger charge is -2.21. The molecule has 1 fully saturated rings. The van der Waals surface area contributed by atoms with Crippen LogP contribution in [-0.4, -0.2) is 9.97 Å². The topological polar surface area (TPSA) is 51.8 Å². The Morgan fingerprint density at radius 1 is 1.00 bits per heavy atom. The first kappa shape index (κ1) is 13.3. The van der Waals surface area contributed by atoms with Crippen molar-refractivity contribution in [3.63, 3.8) is 0 Å². The normalized spacial score (nSPS) is 16.2. The average Bonchev–Trinajstić information content (AvgIpc) is 2.56. The van der Waals surface area contributed by atoms with Gasteiger partial charge >= 0.3 is 0 Å². The summed E-state index contributed by atoms with van der Waals surface area (Å²) < 4.78 is 0. The smallest absolute Gasteiger partial charge is 0.159 e. The van der Waals surface area contributed by atoms with Crippen molar-refractivity contribution in [2.75, 3.05) is 0 Å². The molecule has 0 saturated heterocycles. The predicted molar refractivity (Wildman–Crippen MR) is 81.2 cm³/mol. The zero-order chi connectivity index (χ0) is 13.8. The highest BCUT2D eigenvalue weighted by Gasteiger charge is 2.17. The summed E-state index contributed by atoms with van der Waals surface area (Å²) in [6.45, 7) is 0.573. The van der Waals surface area contributed by atoms with Gasteiger partial charge in [0.05, 0.1) is 0 Å². The molecule has 1 saturated carbocycles. The SMILES string of the molecule is NCc1ccc(-c2nccc(C3CCCCC3)n2)cc1. The van der Waals surface area contributed by atoms with Crippen molar-refractivity contribution < 1.29 is 0 Å². The Bertz CT molecular complexity index is 557. The number of rotatable bonds is 3. The minimum absolute atomic E-state index is 0.573. The summed E-state index contributed by atoms with van der Waals surface area (Å²) in [5.41, 5.74) is 9.04. The number of hydrogen-bond acceptors (Lipinski definition) is 3. The van der Waals surface area contributed by atoms with E-state index in [1.54, 1.807) is 0 Å². The van der Waals surface area contributed by atoms with Crippen LogP contribution in [0.2, 0.25) is 0 Å². The second-order valence-corrected chi connectivity index (χ2v) is 5.54. The van der Waals surface area contributed by atoms with Crippen molar-refractivity contribution in [1.82, 2.24) is 9.97 Å². The molecule has 3 nitrogen and oxygen atoms in total. The molecule has 2 aromatic rings. The molecule has 3 rings (SSSR count). The Labute approximate surface area is 120 Å². The molecule has 0 atom stereocenters. The van der Waals surface area contributed by atoms with E-state index in [1.165, 1.54) is 37.8 Å². The third-order valence-corrected chi connectivity index (χ3v) is 4.15. The predicted octanol–water partition coefficient (Wildman–Crippen LogP) is 3.65. The molecule has 20 heavy (non-hydrogen) atoms. The lowest BCUT2D eigenvalue weighted by atomic mass is 9.87. The first-order valence-electron chi connectivity index (χ1n) is 7.49. The van der Waals surface area contributed by atoms with E-state index < -0.39 is 0 Å². The molecule has 1 aliphatic carbocycles. The van der Waals surface area contributed by atoms with Crippen LogP contribution in [0.3, 0.4) is 0 Å². The van der Waals surface area contributed by atoms with Crippen LogP contribution < -0.4 is 5.73 Å². The Morgan fingerprint density at radius 2 is 1.75 bits per heavy atom. The van der Waals surface area contributed by atoms with E-state index in [0.29, 0.717) is 12.5 Å². The van der Waals surface area contributed by atoms with E-state index in [-0.39, 0.29) is 0 Å². The van der Waals surface area contributed by atoms with Gasteiger partial charge in [0, 0.05) is 29.9 Å². The number of nitrogens with two attached hydrogens (primary N) is 1. The number of nitrogens with zero attached hydrogens (tertiary/aromatic N) is 2. The van der Waals surface area contributed by atoms with Crippen molar-refractivity contribution in [1.29, 1.82) is 0 Å². The molecule has 0 radical (unpaired) electrons. The van der Waals surface area contributed by atoms with Crippen LogP contribution in [0.1, 0.15) is 49.3 Å². The van der Waals surface area contributed by atoms with Gasteiger partial charge in [-0.25, -0.2) is 9.97 Å². The van der Waals surface area contributed by atoms with Gasteiger partial charge in [0.1, 0.15) is 0 Å². The molecule has 0 unspecified atom stereocenters. The summed E-state index contributed by atoms with van der Waals surface area (Å²) in [7, 11) is 0. The fourth-order valence-corrected chi connectivity index (χ4v) is 2.93. The van der Waals surface area contributed by atoms with E-state index in [9.17, 15) is 0 Å². The monoisotopic (exact) mass is 267 g/mol. The Hall–Kier alpha value is -1.74. The molecule has 0 spiro atoms. The molecule has 2 N–H and O–H groups in total. The van der Waals surface area contributed by atoms with Crippen LogP contribution in [0.25, 0.3) is 11.4 Å². The molecule has 1 aromatic heterocycles. The molecule has 1 aromatic carbocycles. The summed E-state index contributed by atoms with van der Waals surface area (Å²) >= 11 is 0. The standard InChI is InChI=1S/C17H21N3/c18-12-13-6-8-15(9-7-13)17-19-11-10-16(20-17)14-4-2-1-3-5-14/h6-11,14H,1-5,12,18H2. The van der Waals surface area contributed by atoms with Gasteiger partial charge in [-0.3, -0.25) is 0 Å². The Morgan fingerprint density at radius 3 is 2.45 bits per heavy atom. The zero-order valence-electron chi connectivity index (χ0n) is 11.8. The maximum atomic E-state index is 5.63. The van der Waals surface area contributed by atoms with Crippen LogP contribution in [0.4, 0.5) is 0 Å². The largest absolute Gasteiger partial charge is 0.326 e. The third kappa shape index (κ3) is 2.88. The summed E-state index contributed by atoms with van der Waals surface area (Å²) in [5, 5.41) is 0. The summed E-state index contributed by atoms with van der Waals surface area (Å²) in [5.74, 6) is 1.45. The quantitative estimate of drug-likeness (QED) is 0.923. The van der Waals surface area contributed by atoms with E-state index in [4.69, 9.17) is 10.7 Å². The summed E-state index contributed by atoms with van der Waals surface area (Å²) in [4.78, 5) is 9.20. The second-order valence-electron chi connectivity index (χ2n) is 5.54. The minimum Gasteiger partial charge on any atom is -0.326 e. The van der Waals surface area contributed by atoms with Crippen LogP contribution >= 0.6 is 0 Å². The molecule has 0 amide bonds. The molecule has 0 bridgehead atoms. The number of benzene rings is 1. The van der Waals surface area contributed by atoms with E-state index >= 15 is 0 Å². The first-order valence-corrected chi connectivity index (χ1v) is 7.49. The number of hydrogen-bond donors (Lipinski definition) is 1. The van der Waals surface area contributed by atoms with Gasteiger partial charge in [-0.2, -0.15) is 0 Å². The van der Waals surface area contributed by atoms with Crippen LogP contribution in [0, 0.1) is 0 Å². The third-order valence-electron chi connectivity index (χ3n) is 4.15. The number of aromatic nitrogens is 2. The van der Waals surface area contributed by atoms with E-state index in [2.05, 4.69) is 23.2 Å². The molecule has 0 aliphatic heterocycles. The lowest BCUT2D eigenvalue weighted by Crippen LogP contribution is -2.07. The maximum absolute atomic E-state index is 5.63. The van der Waals surface area contributed by atoms with Crippen molar-refractivity contribution in [3.05, 3.63) is 47.8 Å². The lowest BCUT2D eigenvalue weighted by molar-refractivity contribution is 0.436. The summed E-state index contributed by atoms with van der Waals surface area (Å²) in [6.07, 6.45) is 8.45. The van der Waals surface area contributed by atoms with Crippen molar-refractivity contribution in [2.24, 2.45) is 5.73 Å². The fourth-order valence-electron chi connectivity index (χ4n) is 2.93.